The Morgan fingerprint density at radius 3 is 2.54 bits per heavy atom. The quantitative estimate of drug-likeness (QED) is 0.603. The number of carbonyl (C=O) groups is 1. The average molecular weight is 182 g/mol. The van der Waals surface area contributed by atoms with Gasteiger partial charge in [-0.1, -0.05) is 19.8 Å². The van der Waals surface area contributed by atoms with E-state index in [0.29, 0.717) is 19.0 Å². The molecule has 1 atom stereocenters. The Balaban J connectivity index is 3.64. The molecule has 0 saturated carbocycles. The molecule has 0 aliphatic heterocycles. The normalized spacial score (nSPS) is 12.2. The van der Waals surface area contributed by atoms with Crippen LogP contribution in [0, 0.1) is 18.3 Å². The van der Waals surface area contributed by atoms with Crippen molar-refractivity contribution in [3.63, 3.8) is 0 Å². The van der Waals surface area contributed by atoms with E-state index in [2.05, 4.69) is 30.4 Å². The van der Waals surface area contributed by atoms with Crippen LogP contribution in [0.15, 0.2) is 0 Å². The van der Waals surface area contributed by atoms with E-state index in [1.165, 1.54) is 0 Å². The number of rotatable bonds is 5. The minimum absolute atomic E-state index is 0.00366. The standard InChI is InChI=1S/C10H18N2O/c1-5-6-11-9(4)10(13)12-7-8(2)3/h1,8-9,11H,6-7H2,2-4H3,(H,12,13). The highest BCUT2D eigenvalue weighted by Gasteiger charge is 2.10. The van der Waals surface area contributed by atoms with Crippen LogP contribution in [-0.2, 0) is 4.79 Å². The molecule has 0 radical (unpaired) electrons. The maximum absolute atomic E-state index is 11.3. The summed E-state index contributed by atoms with van der Waals surface area (Å²) in [5.41, 5.74) is 0. The third-order valence-corrected chi connectivity index (χ3v) is 1.59. The highest BCUT2D eigenvalue weighted by atomic mass is 16.2. The van der Waals surface area contributed by atoms with Gasteiger partial charge in [-0.3, -0.25) is 10.1 Å². The molecule has 1 amide bonds. The van der Waals surface area contributed by atoms with Gasteiger partial charge in [0, 0.05) is 6.54 Å². The van der Waals surface area contributed by atoms with Gasteiger partial charge in [-0.15, -0.1) is 6.42 Å². The van der Waals surface area contributed by atoms with Crippen molar-refractivity contribution in [2.24, 2.45) is 5.92 Å². The van der Waals surface area contributed by atoms with E-state index >= 15 is 0 Å². The molecule has 0 bridgehead atoms. The van der Waals surface area contributed by atoms with E-state index in [-0.39, 0.29) is 11.9 Å². The van der Waals surface area contributed by atoms with Crippen LogP contribution in [-0.4, -0.2) is 25.0 Å². The fourth-order valence-corrected chi connectivity index (χ4v) is 0.763. The SMILES string of the molecule is C#CCNC(C)C(=O)NCC(C)C. The molecule has 0 aromatic rings. The Morgan fingerprint density at radius 1 is 1.46 bits per heavy atom. The topological polar surface area (TPSA) is 41.1 Å². The van der Waals surface area contributed by atoms with Gasteiger partial charge in [-0.25, -0.2) is 0 Å². The van der Waals surface area contributed by atoms with Crippen molar-refractivity contribution in [1.29, 1.82) is 0 Å². The monoisotopic (exact) mass is 182 g/mol. The molecule has 0 aliphatic rings. The van der Waals surface area contributed by atoms with Crippen molar-refractivity contribution >= 4 is 5.91 Å². The number of nitrogens with one attached hydrogen (secondary N) is 2. The number of hydrogen-bond donors (Lipinski definition) is 2. The maximum atomic E-state index is 11.3. The van der Waals surface area contributed by atoms with Crippen molar-refractivity contribution in [2.75, 3.05) is 13.1 Å². The molecule has 0 aromatic carbocycles. The maximum Gasteiger partial charge on any atom is 0.236 e. The molecule has 1 unspecified atom stereocenters. The van der Waals surface area contributed by atoms with Crippen molar-refractivity contribution < 1.29 is 4.79 Å². The van der Waals surface area contributed by atoms with Gasteiger partial charge in [0.05, 0.1) is 12.6 Å². The minimum Gasteiger partial charge on any atom is -0.354 e. The van der Waals surface area contributed by atoms with Crippen LogP contribution < -0.4 is 10.6 Å². The lowest BCUT2D eigenvalue weighted by Crippen LogP contribution is -2.43. The fraction of sp³-hybridized carbons (Fsp3) is 0.700. The molecule has 0 fully saturated rings. The van der Waals surface area contributed by atoms with Crippen LogP contribution in [0.25, 0.3) is 0 Å². The lowest BCUT2D eigenvalue weighted by atomic mass is 10.2. The van der Waals surface area contributed by atoms with Gasteiger partial charge < -0.3 is 5.32 Å². The molecule has 0 rings (SSSR count). The summed E-state index contributed by atoms with van der Waals surface area (Å²) in [6.45, 7) is 7.05. The third-order valence-electron chi connectivity index (χ3n) is 1.59. The van der Waals surface area contributed by atoms with Gasteiger partial charge in [0.15, 0.2) is 0 Å². The third kappa shape index (κ3) is 6.18. The van der Waals surface area contributed by atoms with Crippen molar-refractivity contribution in [3.8, 4) is 12.3 Å². The lowest BCUT2D eigenvalue weighted by molar-refractivity contribution is -0.122. The van der Waals surface area contributed by atoms with Crippen LogP contribution in [0.4, 0.5) is 0 Å². The second-order valence-electron chi connectivity index (χ2n) is 3.45. The largest absolute Gasteiger partial charge is 0.354 e. The Hall–Kier alpha value is -1.01. The molecule has 0 heterocycles. The summed E-state index contributed by atoms with van der Waals surface area (Å²) in [6.07, 6.45) is 5.05. The van der Waals surface area contributed by atoms with Gasteiger partial charge in [0.2, 0.25) is 5.91 Å². The zero-order valence-electron chi connectivity index (χ0n) is 8.55. The molecule has 0 aromatic heterocycles. The molecule has 2 N–H and O–H groups in total. The molecule has 3 nitrogen and oxygen atoms in total. The first-order valence-electron chi connectivity index (χ1n) is 4.52. The van der Waals surface area contributed by atoms with Gasteiger partial charge in [0.25, 0.3) is 0 Å². The van der Waals surface area contributed by atoms with Gasteiger partial charge in [0.1, 0.15) is 0 Å². The second-order valence-corrected chi connectivity index (χ2v) is 3.45. The Morgan fingerprint density at radius 2 is 2.08 bits per heavy atom. The van der Waals surface area contributed by atoms with E-state index in [1.54, 1.807) is 6.92 Å². The first kappa shape index (κ1) is 12.0. The predicted octanol–water partition coefficient (Wildman–Crippen LogP) is 0.370. The van der Waals surface area contributed by atoms with Crippen LogP contribution in [0.2, 0.25) is 0 Å². The predicted molar refractivity (Wildman–Crippen MR) is 54.1 cm³/mol. The smallest absolute Gasteiger partial charge is 0.236 e. The van der Waals surface area contributed by atoms with Crippen molar-refractivity contribution in [2.45, 2.75) is 26.8 Å². The minimum atomic E-state index is -0.213. The first-order valence-corrected chi connectivity index (χ1v) is 4.52. The molecule has 74 valence electrons. The summed E-state index contributed by atoms with van der Waals surface area (Å²) in [6, 6.07) is -0.213. The average Bonchev–Trinajstić information content (AvgIpc) is 2.10. The summed E-state index contributed by atoms with van der Waals surface area (Å²) in [4.78, 5) is 11.3. The van der Waals surface area contributed by atoms with Gasteiger partial charge in [-0.05, 0) is 12.8 Å². The van der Waals surface area contributed by atoms with Gasteiger partial charge >= 0.3 is 0 Å². The van der Waals surface area contributed by atoms with Crippen LogP contribution in [0.1, 0.15) is 20.8 Å². The highest BCUT2D eigenvalue weighted by Crippen LogP contribution is 1.88. The molecule has 0 aliphatic carbocycles. The van der Waals surface area contributed by atoms with Crippen LogP contribution in [0.3, 0.4) is 0 Å². The van der Waals surface area contributed by atoms with Gasteiger partial charge in [-0.2, -0.15) is 0 Å². The number of terminal acetylenes is 1. The molecule has 13 heavy (non-hydrogen) atoms. The van der Waals surface area contributed by atoms with Crippen molar-refractivity contribution in [3.05, 3.63) is 0 Å². The van der Waals surface area contributed by atoms with E-state index in [0.717, 1.165) is 0 Å². The molecule has 0 spiro atoms. The Labute approximate surface area is 80.3 Å². The zero-order valence-corrected chi connectivity index (χ0v) is 8.55. The number of hydrogen-bond acceptors (Lipinski definition) is 2. The molecular formula is C10H18N2O. The first-order chi connectivity index (χ1) is 6.07. The second kappa shape index (κ2) is 6.50. The summed E-state index contributed by atoms with van der Waals surface area (Å²) in [7, 11) is 0. The summed E-state index contributed by atoms with van der Waals surface area (Å²) >= 11 is 0. The number of amides is 1. The highest BCUT2D eigenvalue weighted by molar-refractivity contribution is 5.81. The summed E-state index contributed by atoms with van der Waals surface area (Å²) in [5.74, 6) is 2.91. The molecule has 0 saturated heterocycles. The van der Waals surface area contributed by atoms with Crippen LogP contribution in [0.5, 0.6) is 0 Å². The van der Waals surface area contributed by atoms with E-state index in [1.807, 2.05) is 0 Å². The van der Waals surface area contributed by atoms with E-state index < -0.39 is 0 Å². The Bertz CT molecular complexity index is 194. The van der Waals surface area contributed by atoms with Crippen molar-refractivity contribution in [1.82, 2.24) is 10.6 Å². The lowest BCUT2D eigenvalue weighted by Gasteiger charge is -2.13. The van der Waals surface area contributed by atoms with Crippen LogP contribution >= 0.6 is 0 Å². The molecular weight excluding hydrogens is 164 g/mol. The van der Waals surface area contributed by atoms with E-state index in [9.17, 15) is 4.79 Å². The Kier molecular flexibility index (Phi) is 5.99. The summed E-state index contributed by atoms with van der Waals surface area (Å²) in [5, 5.41) is 5.73. The van der Waals surface area contributed by atoms with E-state index in [4.69, 9.17) is 6.42 Å². The molecule has 3 heteroatoms. The zero-order chi connectivity index (χ0) is 10.3. The fourth-order valence-electron chi connectivity index (χ4n) is 0.763. The summed E-state index contributed by atoms with van der Waals surface area (Å²) < 4.78 is 0. The number of carbonyl (C=O) groups excluding carboxylic acids is 1.